The number of aromatic amines is 1. The van der Waals surface area contributed by atoms with Crippen molar-refractivity contribution in [3.63, 3.8) is 0 Å². The average molecular weight is 398 g/mol. The van der Waals surface area contributed by atoms with Crippen LogP contribution in [-0.2, 0) is 21.2 Å². The summed E-state index contributed by atoms with van der Waals surface area (Å²) in [6.45, 7) is 2.44. The van der Waals surface area contributed by atoms with Gasteiger partial charge in [-0.3, -0.25) is 14.3 Å². The summed E-state index contributed by atoms with van der Waals surface area (Å²) in [5.41, 5.74) is -0.0164. The van der Waals surface area contributed by atoms with Crippen molar-refractivity contribution in [2.24, 2.45) is 5.16 Å². The lowest BCUT2D eigenvalue weighted by atomic mass is 10.00. The number of rotatable bonds is 5. The Kier molecular flexibility index (Phi) is 4.76. The summed E-state index contributed by atoms with van der Waals surface area (Å²) in [7, 11) is -3.61. The van der Waals surface area contributed by atoms with Crippen LogP contribution in [0.3, 0.4) is 0 Å². The number of oxime groups is 1. The molecule has 1 aromatic carbocycles. The van der Waals surface area contributed by atoms with Crippen molar-refractivity contribution in [1.29, 1.82) is 0 Å². The van der Waals surface area contributed by atoms with E-state index < -0.39 is 21.2 Å². The second kappa shape index (κ2) is 6.73. The van der Waals surface area contributed by atoms with Crippen molar-refractivity contribution >= 4 is 32.9 Å². The van der Waals surface area contributed by atoms with Crippen LogP contribution in [0.25, 0.3) is 0 Å². The molecular weight excluding hydrogens is 382 g/mol. The van der Waals surface area contributed by atoms with Gasteiger partial charge in [-0.05, 0) is 19.1 Å². The first-order chi connectivity index (χ1) is 12.3. The summed E-state index contributed by atoms with van der Waals surface area (Å²) >= 11 is 6.40. The molecule has 138 valence electrons. The molecule has 0 amide bonds. The fourth-order valence-electron chi connectivity index (χ4n) is 2.74. The van der Waals surface area contributed by atoms with Crippen LogP contribution in [0.2, 0.25) is 5.02 Å². The SMILES string of the molecule is CCn1[nH]cc(C(=O)c2ccc(S(C)(=O)=O)c(C3=NOCC3)c2Cl)c1=O. The van der Waals surface area contributed by atoms with Crippen molar-refractivity contribution in [3.8, 4) is 0 Å². The lowest BCUT2D eigenvalue weighted by molar-refractivity contribution is 0.103. The van der Waals surface area contributed by atoms with Gasteiger partial charge in [0, 0.05) is 36.5 Å². The topological polar surface area (TPSA) is 111 Å². The average Bonchev–Trinajstić information content (AvgIpc) is 3.22. The van der Waals surface area contributed by atoms with E-state index >= 15 is 0 Å². The third-order valence-corrected chi connectivity index (χ3v) is 5.57. The van der Waals surface area contributed by atoms with E-state index in [9.17, 15) is 18.0 Å². The number of carbonyl (C=O) groups excluding carboxylic acids is 1. The maximum Gasteiger partial charge on any atom is 0.277 e. The Morgan fingerprint density at radius 1 is 1.38 bits per heavy atom. The number of benzene rings is 1. The van der Waals surface area contributed by atoms with Gasteiger partial charge in [-0.2, -0.15) is 0 Å². The zero-order valence-electron chi connectivity index (χ0n) is 14.1. The molecule has 10 heteroatoms. The zero-order valence-corrected chi connectivity index (χ0v) is 15.6. The number of carbonyl (C=O) groups is 1. The Labute approximate surface area is 154 Å². The van der Waals surface area contributed by atoms with Crippen LogP contribution in [-0.4, -0.2) is 42.6 Å². The van der Waals surface area contributed by atoms with Gasteiger partial charge in [0.1, 0.15) is 12.2 Å². The van der Waals surface area contributed by atoms with Crippen LogP contribution < -0.4 is 5.56 Å². The summed E-state index contributed by atoms with van der Waals surface area (Å²) in [5.74, 6) is -0.593. The number of sulfone groups is 1. The Bertz CT molecular complexity index is 1080. The molecule has 0 fully saturated rings. The number of hydrogen-bond acceptors (Lipinski definition) is 6. The van der Waals surface area contributed by atoms with Gasteiger partial charge in [0.15, 0.2) is 9.84 Å². The Balaban J connectivity index is 2.20. The Hall–Kier alpha value is -2.39. The van der Waals surface area contributed by atoms with Crippen LogP contribution in [0.1, 0.15) is 34.8 Å². The smallest absolute Gasteiger partial charge is 0.277 e. The van der Waals surface area contributed by atoms with Crippen LogP contribution in [0.4, 0.5) is 0 Å². The second-order valence-corrected chi connectivity index (χ2v) is 8.12. The predicted molar refractivity (Wildman–Crippen MR) is 95.8 cm³/mol. The summed E-state index contributed by atoms with van der Waals surface area (Å²) < 4.78 is 25.5. The Morgan fingerprint density at radius 2 is 2.12 bits per heavy atom. The summed E-state index contributed by atoms with van der Waals surface area (Å²) in [4.78, 5) is 29.9. The standard InChI is InChI=1S/C16H16ClN3O5S/c1-3-20-16(22)10(8-18-20)15(21)9-4-5-12(26(2,23)24)13(14(9)17)11-6-7-25-19-11/h4-5,8,18H,3,6-7H2,1-2H3. The first kappa shape index (κ1) is 18.4. The van der Waals surface area contributed by atoms with Crippen LogP contribution in [0, 0.1) is 0 Å². The molecule has 3 rings (SSSR count). The van der Waals surface area contributed by atoms with Gasteiger partial charge in [0.25, 0.3) is 5.56 Å². The van der Waals surface area contributed by atoms with Gasteiger partial charge < -0.3 is 9.94 Å². The molecule has 0 radical (unpaired) electrons. The van der Waals surface area contributed by atoms with E-state index in [0.29, 0.717) is 25.3 Å². The van der Waals surface area contributed by atoms with E-state index in [0.717, 1.165) is 6.26 Å². The summed E-state index contributed by atoms with van der Waals surface area (Å²) in [6.07, 6.45) is 2.73. The van der Waals surface area contributed by atoms with Crippen molar-refractivity contribution in [2.45, 2.75) is 24.8 Å². The van der Waals surface area contributed by atoms with Crippen molar-refractivity contribution in [3.05, 3.63) is 50.4 Å². The monoisotopic (exact) mass is 397 g/mol. The molecule has 26 heavy (non-hydrogen) atoms. The highest BCUT2D eigenvalue weighted by atomic mass is 35.5. The van der Waals surface area contributed by atoms with Crippen LogP contribution in [0.15, 0.2) is 33.2 Å². The summed E-state index contributed by atoms with van der Waals surface area (Å²) in [6, 6.07) is 2.61. The molecule has 2 aromatic rings. The minimum atomic E-state index is -3.61. The minimum Gasteiger partial charge on any atom is -0.395 e. The maximum atomic E-state index is 12.8. The maximum absolute atomic E-state index is 12.8. The molecule has 1 N–H and O–H groups in total. The van der Waals surface area contributed by atoms with E-state index in [-0.39, 0.29) is 26.6 Å². The van der Waals surface area contributed by atoms with E-state index in [1.165, 1.54) is 23.0 Å². The molecular formula is C16H16ClN3O5S. The van der Waals surface area contributed by atoms with Crippen molar-refractivity contribution in [1.82, 2.24) is 9.78 Å². The molecule has 0 atom stereocenters. The number of halogens is 1. The van der Waals surface area contributed by atoms with E-state index in [2.05, 4.69) is 10.3 Å². The largest absolute Gasteiger partial charge is 0.395 e. The molecule has 8 nitrogen and oxygen atoms in total. The number of H-pyrrole nitrogens is 1. The number of nitrogens with zero attached hydrogens (tertiary/aromatic N) is 2. The molecule has 0 saturated heterocycles. The molecule has 0 bridgehead atoms. The zero-order chi connectivity index (χ0) is 19.1. The fourth-order valence-corrected chi connectivity index (χ4v) is 4.07. The normalized spacial score (nSPS) is 14.2. The van der Waals surface area contributed by atoms with Crippen LogP contribution in [0.5, 0.6) is 0 Å². The molecule has 1 aliphatic heterocycles. The van der Waals surface area contributed by atoms with E-state index in [1.807, 2.05) is 0 Å². The van der Waals surface area contributed by atoms with Gasteiger partial charge in [0.2, 0.25) is 5.78 Å². The van der Waals surface area contributed by atoms with Crippen molar-refractivity contribution < 1.29 is 18.0 Å². The number of aromatic nitrogens is 2. The summed E-state index contributed by atoms with van der Waals surface area (Å²) in [5, 5.41) is 6.47. The van der Waals surface area contributed by atoms with Crippen LogP contribution >= 0.6 is 11.6 Å². The molecule has 2 heterocycles. The highest BCUT2D eigenvalue weighted by molar-refractivity contribution is 7.90. The second-order valence-electron chi connectivity index (χ2n) is 5.76. The molecule has 1 aliphatic rings. The fraction of sp³-hybridized carbons (Fsp3) is 0.312. The highest BCUT2D eigenvalue weighted by Crippen LogP contribution is 2.31. The van der Waals surface area contributed by atoms with Gasteiger partial charge in [-0.15, -0.1) is 0 Å². The van der Waals surface area contributed by atoms with Gasteiger partial charge in [0.05, 0.1) is 15.6 Å². The first-order valence-electron chi connectivity index (χ1n) is 7.80. The Morgan fingerprint density at radius 3 is 2.65 bits per heavy atom. The van der Waals surface area contributed by atoms with Gasteiger partial charge >= 0.3 is 0 Å². The lowest BCUT2D eigenvalue weighted by Gasteiger charge is -2.12. The molecule has 0 unspecified atom stereocenters. The van der Waals surface area contributed by atoms with Crippen molar-refractivity contribution in [2.75, 3.05) is 12.9 Å². The molecule has 0 saturated carbocycles. The van der Waals surface area contributed by atoms with E-state index in [1.54, 1.807) is 6.92 Å². The predicted octanol–water partition coefficient (Wildman–Crippen LogP) is 1.61. The molecule has 1 aromatic heterocycles. The quantitative estimate of drug-likeness (QED) is 0.770. The third kappa shape index (κ3) is 3.08. The first-order valence-corrected chi connectivity index (χ1v) is 10.1. The number of ketones is 1. The number of nitrogens with one attached hydrogen (secondary N) is 1. The van der Waals surface area contributed by atoms with E-state index in [4.69, 9.17) is 16.4 Å². The van der Waals surface area contributed by atoms with Gasteiger partial charge in [-0.1, -0.05) is 16.8 Å². The molecule has 0 spiro atoms. The number of aryl methyl sites for hydroxylation is 1. The molecule has 0 aliphatic carbocycles. The lowest BCUT2D eigenvalue weighted by Crippen LogP contribution is -2.22. The highest BCUT2D eigenvalue weighted by Gasteiger charge is 2.28. The number of hydrogen-bond donors (Lipinski definition) is 1. The minimum absolute atomic E-state index is 0.0306. The van der Waals surface area contributed by atoms with Gasteiger partial charge in [-0.25, -0.2) is 8.42 Å². The third-order valence-electron chi connectivity index (χ3n) is 4.04.